The third kappa shape index (κ3) is 3.46. The lowest BCUT2D eigenvalue weighted by atomic mass is 9.85. The predicted molar refractivity (Wildman–Crippen MR) is 77.8 cm³/mol. The van der Waals surface area contributed by atoms with Gasteiger partial charge in [0.05, 0.1) is 12.7 Å². The van der Waals surface area contributed by atoms with Crippen molar-refractivity contribution in [2.45, 2.75) is 77.5 Å². The van der Waals surface area contributed by atoms with E-state index >= 15 is 0 Å². The molecular formula is C15H32N2O. The normalized spacial score (nSPS) is 29.2. The van der Waals surface area contributed by atoms with Crippen molar-refractivity contribution in [3.63, 3.8) is 0 Å². The van der Waals surface area contributed by atoms with Crippen molar-refractivity contribution in [3.8, 4) is 0 Å². The number of unbranched alkanes of at least 4 members (excludes halogenated alkanes) is 1. The van der Waals surface area contributed by atoms with Crippen LogP contribution in [0.1, 0.15) is 59.8 Å². The molecule has 1 aliphatic rings. The largest absolute Gasteiger partial charge is 0.376 e. The SMILES string of the molecule is CCCCC(CC)(CN)N1CC(C)OCC1CC. The minimum Gasteiger partial charge on any atom is -0.376 e. The van der Waals surface area contributed by atoms with Gasteiger partial charge in [-0.1, -0.05) is 33.6 Å². The van der Waals surface area contributed by atoms with Crippen LogP contribution in [0.15, 0.2) is 0 Å². The molecule has 0 radical (unpaired) electrons. The van der Waals surface area contributed by atoms with Gasteiger partial charge < -0.3 is 10.5 Å². The van der Waals surface area contributed by atoms with E-state index in [1.54, 1.807) is 0 Å². The first-order chi connectivity index (χ1) is 8.63. The molecule has 3 nitrogen and oxygen atoms in total. The molecule has 0 bridgehead atoms. The molecule has 108 valence electrons. The van der Waals surface area contributed by atoms with Crippen LogP contribution in [0.5, 0.6) is 0 Å². The third-order valence-electron chi connectivity index (χ3n) is 4.58. The molecule has 0 amide bonds. The lowest BCUT2D eigenvalue weighted by Gasteiger charge is -2.51. The molecule has 1 rings (SSSR count). The van der Waals surface area contributed by atoms with Crippen molar-refractivity contribution in [1.82, 2.24) is 4.90 Å². The van der Waals surface area contributed by atoms with Crippen LogP contribution in [0.4, 0.5) is 0 Å². The minimum absolute atomic E-state index is 0.189. The van der Waals surface area contributed by atoms with Crippen LogP contribution >= 0.6 is 0 Å². The molecule has 0 spiro atoms. The molecule has 0 aromatic carbocycles. The molecule has 0 saturated carbocycles. The fourth-order valence-electron chi connectivity index (χ4n) is 3.16. The molecular weight excluding hydrogens is 224 g/mol. The molecule has 0 aromatic rings. The van der Waals surface area contributed by atoms with Gasteiger partial charge in [-0.2, -0.15) is 0 Å². The maximum Gasteiger partial charge on any atom is 0.0675 e. The zero-order chi connectivity index (χ0) is 13.6. The number of morpholine rings is 1. The average Bonchev–Trinajstić information content (AvgIpc) is 2.41. The molecule has 1 saturated heterocycles. The Balaban J connectivity index is 2.85. The first kappa shape index (κ1) is 15.9. The zero-order valence-corrected chi connectivity index (χ0v) is 12.7. The Morgan fingerprint density at radius 2 is 2.06 bits per heavy atom. The number of nitrogens with zero attached hydrogens (tertiary/aromatic N) is 1. The van der Waals surface area contributed by atoms with Crippen molar-refractivity contribution >= 4 is 0 Å². The topological polar surface area (TPSA) is 38.5 Å². The van der Waals surface area contributed by atoms with E-state index in [1.165, 1.54) is 19.3 Å². The van der Waals surface area contributed by atoms with Crippen molar-refractivity contribution < 1.29 is 4.74 Å². The summed E-state index contributed by atoms with van der Waals surface area (Å²) in [7, 11) is 0. The molecule has 3 atom stereocenters. The summed E-state index contributed by atoms with van der Waals surface area (Å²) in [4.78, 5) is 2.66. The second kappa shape index (κ2) is 7.46. The van der Waals surface area contributed by atoms with Gasteiger partial charge in [0.1, 0.15) is 0 Å². The summed E-state index contributed by atoms with van der Waals surface area (Å²) < 4.78 is 5.82. The van der Waals surface area contributed by atoms with E-state index in [4.69, 9.17) is 10.5 Å². The number of rotatable bonds is 7. The summed E-state index contributed by atoms with van der Waals surface area (Å²) in [6, 6.07) is 0.543. The second-order valence-corrected chi connectivity index (χ2v) is 5.74. The van der Waals surface area contributed by atoms with Gasteiger partial charge in [0.25, 0.3) is 0 Å². The summed E-state index contributed by atoms with van der Waals surface area (Å²) in [5.41, 5.74) is 6.36. The molecule has 18 heavy (non-hydrogen) atoms. The zero-order valence-electron chi connectivity index (χ0n) is 12.7. The summed E-state index contributed by atoms with van der Waals surface area (Å²) >= 11 is 0. The highest BCUT2D eigenvalue weighted by Crippen LogP contribution is 2.31. The lowest BCUT2D eigenvalue weighted by Crippen LogP contribution is -2.62. The number of ether oxygens (including phenoxy) is 1. The van der Waals surface area contributed by atoms with E-state index in [0.29, 0.717) is 12.1 Å². The van der Waals surface area contributed by atoms with Gasteiger partial charge in [0, 0.05) is 24.7 Å². The van der Waals surface area contributed by atoms with E-state index in [0.717, 1.165) is 32.5 Å². The average molecular weight is 256 g/mol. The smallest absolute Gasteiger partial charge is 0.0675 e. The summed E-state index contributed by atoms with van der Waals surface area (Å²) in [6.07, 6.45) is 6.38. The Morgan fingerprint density at radius 3 is 2.56 bits per heavy atom. The summed E-state index contributed by atoms with van der Waals surface area (Å²) in [6.45, 7) is 11.7. The van der Waals surface area contributed by atoms with Crippen molar-refractivity contribution in [2.75, 3.05) is 19.7 Å². The summed E-state index contributed by atoms with van der Waals surface area (Å²) in [5, 5.41) is 0. The molecule has 1 fully saturated rings. The maximum absolute atomic E-state index is 6.17. The van der Waals surface area contributed by atoms with Crippen LogP contribution in [0.25, 0.3) is 0 Å². The van der Waals surface area contributed by atoms with Gasteiger partial charge in [0.15, 0.2) is 0 Å². The van der Waals surface area contributed by atoms with Gasteiger partial charge in [0.2, 0.25) is 0 Å². The first-order valence-corrected chi connectivity index (χ1v) is 7.71. The van der Waals surface area contributed by atoms with Gasteiger partial charge in [-0.25, -0.2) is 0 Å². The van der Waals surface area contributed by atoms with Crippen LogP contribution in [-0.4, -0.2) is 42.3 Å². The Bertz CT molecular complexity index is 229. The predicted octanol–water partition coefficient (Wildman–Crippen LogP) is 2.78. The highest BCUT2D eigenvalue weighted by molar-refractivity contribution is 4.96. The van der Waals surface area contributed by atoms with Gasteiger partial charge in [-0.3, -0.25) is 4.90 Å². The fourth-order valence-corrected chi connectivity index (χ4v) is 3.16. The Kier molecular flexibility index (Phi) is 6.61. The van der Waals surface area contributed by atoms with Crippen LogP contribution in [0.2, 0.25) is 0 Å². The Morgan fingerprint density at radius 1 is 1.33 bits per heavy atom. The molecule has 0 aliphatic carbocycles. The van der Waals surface area contributed by atoms with Crippen LogP contribution in [-0.2, 0) is 4.74 Å². The van der Waals surface area contributed by atoms with Crippen molar-refractivity contribution in [3.05, 3.63) is 0 Å². The highest BCUT2D eigenvalue weighted by Gasteiger charge is 2.40. The molecule has 1 aliphatic heterocycles. The monoisotopic (exact) mass is 256 g/mol. The Hall–Kier alpha value is -0.120. The minimum atomic E-state index is 0.189. The fraction of sp³-hybridized carbons (Fsp3) is 1.00. The number of nitrogens with two attached hydrogens (primary N) is 1. The highest BCUT2D eigenvalue weighted by atomic mass is 16.5. The summed E-state index contributed by atoms with van der Waals surface area (Å²) in [5.74, 6) is 0. The van der Waals surface area contributed by atoms with Crippen LogP contribution in [0, 0.1) is 0 Å². The van der Waals surface area contributed by atoms with Crippen molar-refractivity contribution in [2.24, 2.45) is 5.73 Å². The van der Waals surface area contributed by atoms with E-state index < -0.39 is 0 Å². The van der Waals surface area contributed by atoms with E-state index in [1.807, 2.05) is 0 Å². The standard InChI is InChI=1S/C15H32N2O/c1-5-8-9-15(7-3,12-16)17-10-13(4)18-11-14(17)6-2/h13-14H,5-12,16H2,1-4H3. The molecule has 3 unspecified atom stereocenters. The maximum atomic E-state index is 6.17. The van der Waals surface area contributed by atoms with Crippen LogP contribution in [0.3, 0.4) is 0 Å². The molecule has 3 heteroatoms. The van der Waals surface area contributed by atoms with E-state index in [2.05, 4.69) is 32.6 Å². The molecule has 0 aromatic heterocycles. The van der Waals surface area contributed by atoms with E-state index in [-0.39, 0.29) is 5.54 Å². The lowest BCUT2D eigenvalue weighted by molar-refractivity contribution is -0.102. The number of hydrogen-bond acceptors (Lipinski definition) is 3. The van der Waals surface area contributed by atoms with Gasteiger partial charge in [-0.15, -0.1) is 0 Å². The van der Waals surface area contributed by atoms with Gasteiger partial charge in [-0.05, 0) is 26.2 Å². The first-order valence-electron chi connectivity index (χ1n) is 7.71. The quantitative estimate of drug-likeness (QED) is 0.761. The number of hydrogen-bond donors (Lipinski definition) is 1. The molecule has 2 N–H and O–H groups in total. The van der Waals surface area contributed by atoms with Crippen molar-refractivity contribution in [1.29, 1.82) is 0 Å². The van der Waals surface area contributed by atoms with Gasteiger partial charge >= 0.3 is 0 Å². The van der Waals surface area contributed by atoms with Crippen LogP contribution < -0.4 is 5.73 Å². The third-order valence-corrected chi connectivity index (χ3v) is 4.58. The molecule has 1 heterocycles. The Labute approximate surface area is 113 Å². The second-order valence-electron chi connectivity index (χ2n) is 5.74. The van der Waals surface area contributed by atoms with E-state index in [9.17, 15) is 0 Å².